The summed E-state index contributed by atoms with van der Waals surface area (Å²) < 4.78 is 0. The van der Waals surface area contributed by atoms with Crippen LogP contribution in [0.25, 0.3) is 11.5 Å². The Hall–Kier alpha value is -2.50. The predicted octanol–water partition coefficient (Wildman–Crippen LogP) is 2.45. The van der Waals surface area contributed by atoms with E-state index in [1.165, 1.54) is 5.56 Å². The van der Waals surface area contributed by atoms with Gasteiger partial charge in [0.25, 0.3) is 0 Å². The minimum Gasteiger partial charge on any atom is -0.365 e. The van der Waals surface area contributed by atoms with Gasteiger partial charge in [0, 0.05) is 43.0 Å². The summed E-state index contributed by atoms with van der Waals surface area (Å²) in [6.45, 7) is 3.49. The van der Waals surface area contributed by atoms with Gasteiger partial charge in [-0.1, -0.05) is 13.0 Å². The lowest BCUT2D eigenvalue weighted by molar-refractivity contribution is -0.129. The van der Waals surface area contributed by atoms with Crippen LogP contribution in [0, 0.1) is 0 Å². The Kier molecular flexibility index (Phi) is 4.34. The fraction of sp³-hybridized carbons (Fsp3) is 0.474. The largest absolute Gasteiger partial charge is 0.365 e. The number of pyridine rings is 1. The molecule has 4 rings (SSSR count). The number of aryl methyl sites for hydroxylation is 1. The van der Waals surface area contributed by atoms with E-state index in [1.54, 1.807) is 6.20 Å². The first-order chi connectivity index (χ1) is 12.2. The molecule has 1 fully saturated rings. The maximum absolute atomic E-state index is 11.9. The molecule has 1 saturated heterocycles. The second-order valence-electron chi connectivity index (χ2n) is 6.71. The zero-order valence-corrected chi connectivity index (χ0v) is 14.5. The molecule has 1 atom stereocenters. The molecular weight excluding hydrogens is 314 g/mol. The van der Waals surface area contributed by atoms with Crippen molar-refractivity contribution in [2.75, 3.05) is 18.4 Å². The zero-order valence-electron chi connectivity index (χ0n) is 14.5. The molecule has 1 aliphatic carbocycles. The molecule has 25 heavy (non-hydrogen) atoms. The first kappa shape index (κ1) is 16.0. The summed E-state index contributed by atoms with van der Waals surface area (Å²) in [5.41, 5.74) is 3.17. The van der Waals surface area contributed by atoms with Crippen LogP contribution in [-0.4, -0.2) is 44.9 Å². The van der Waals surface area contributed by atoms with Crippen molar-refractivity contribution >= 4 is 11.7 Å². The smallest absolute Gasteiger partial charge is 0.222 e. The molecular formula is C19H23N5O. The highest BCUT2D eigenvalue weighted by atomic mass is 16.2. The van der Waals surface area contributed by atoms with E-state index in [2.05, 4.69) is 10.3 Å². The highest BCUT2D eigenvalue weighted by molar-refractivity contribution is 5.76. The number of carbonyl (C=O) groups excluding carboxylic acids is 1. The van der Waals surface area contributed by atoms with E-state index in [9.17, 15) is 4.79 Å². The third-order valence-electron chi connectivity index (χ3n) is 5.01. The summed E-state index contributed by atoms with van der Waals surface area (Å²) in [5, 5.41) is 3.59. The van der Waals surface area contributed by atoms with Crippen LogP contribution in [0.2, 0.25) is 0 Å². The summed E-state index contributed by atoms with van der Waals surface area (Å²) in [7, 11) is 0. The maximum Gasteiger partial charge on any atom is 0.222 e. The Bertz CT molecular complexity index is 777. The molecule has 2 aromatic heterocycles. The van der Waals surface area contributed by atoms with Crippen LogP contribution in [0.5, 0.6) is 0 Å². The van der Waals surface area contributed by atoms with Gasteiger partial charge in [0.05, 0.1) is 0 Å². The third kappa shape index (κ3) is 3.21. The second kappa shape index (κ2) is 6.78. The SMILES string of the molecule is CCC(=O)N1CCC(Nc2nc(-c3ccccn3)nc3c2CCC3)C1. The average molecular weight is 337 g/mol. The lowest BCUT2D eigenvalue weighted by Gasteiger charge is -2.18. The van der Waals surface area contributed by atoms with Crippen molar-refractivity contribution in [1.82, 2.24) is 19.9 Å². The minimum atomic E-state index is 0.228. The number of fused-ring (bicyclic) bond motifs is 1. The molecule has 1 unspecified atom stereocenters. The van der Waals surface area contributed by atoms with Crippen LogP contribution < -0.4 is 5.32 Å². The van der Waals surface area contributed by atoms with Gasteiger partial charge in [-0.3, -0.25) is 9.78 Å². The first-order valence-corrected chi connectivity index (χ1v) is 9.10. The van der Waals surface area contributed by atoms with Crippen molar-refractivity contribution in [3.8, 4) is 11.5 Å². The van der Waals surface area contributed by atoms with E-state index in [1.807, 2.05) is 30.0 Å². The number of aromatic nitrogens is 3. The van der Waals surface area contributed by atoms with E-state index in [0.29, 0.717) is 12.2 Å². The number of hydrogen-bond donors (Lipinski definition) is 1. The van der Waals surface area contributed by atoms with Crippen molar-refractivity contribution in [1.29, 1.82) is 0 Å². The van der Waals surface area contributed by atoms with Gasteiger partial charge in [0.1, 0.15) is 11.5 Å². The van der Waals surface area contributed by atoms with Gasteiger partial charge in [-0.25, -0.2) is 9.97 Å². The normalized spacial score (nSPS) is 19.1. The Morgan fingerprint density at radius 3 is 3.04 bits per heavy atom. The van der Waals surface area contributed by atoms with Gasteiger partial charge < -0.3 is 10.2 Å². The molecule has 0 aromatic carbocycles. The van der Waals surface area contributed by atoms with Crippen molar-refractivity contribution < 1.29 is 4.79 Å². The molecule has 1 N–H and O–H groups in total. The molecule has 0 saturated carbocycles. The van der Waals surface area contributed by atoms with Crippen LogP contribution in [-0.2, 0) is 17.6 Å². The lowest BCUT2D eigenvalue weighted by atomic mass is 10.2. The highest BCUT2D eigenvalue weighted by Crippen LogP contribution is 2.30. The molecule has 0 spiro atoms. The number of likely N-dealkylation sites (tertiary alicyclic amines) is 1. The van der Waals surface area contributed by atoms with Gasteiger partial charge in [-0.15, -0.1) is 0 Å². The van der Waals surface area contributed by atoms with Crippen LogP contribution in [0.4, 0.5) is 5.82 Å². The number of nitrogens with one attached hydrogen (secondary N) is 1. The average Bonchev–Trinajstić information content (AvgIpc) is 3.31. The Morgan fingerprint density at radius 2 is 2.24 bits per heavy atom. The molecule has 3 heterocycles. The number of rotatable bonds is 4. The number of amides is 1. The van der Waals surface area contributed by atoms with Crippen molar-refractivity contribution in [2.45, 2.75) is 45.1 Å². The monoisotopic (exact) mass is 337 g/mol. The number of anilines is 1. The van der Waals surface area contributed by atoms with Crippen LogP contribution >= 0.6 is 0 Å². The third-order valence-corrected chi connectivity index (χ3v) is 5.01. The molecule has 0 radical (unpaired) electrons. The molecule has 130 valence electrons. The van der Waals surface area contributed by atoms with Gasteiger partial charge in [0.15, 0.2) is 5.82 Å². The summed E-state index contributed by atoms with van der Waals surface area (Å²) in [6.07, 6.45) is 6.44. The van der Waals surface area contributed by atoms with Crippen molar-refractivity contribution in [2.24, 2.45) is 0 Å². The van der Waals surface area contributed by atoms with E-state index in [0.717, 1.165) is 56.0 Å². The molecule has 1 aliphatic heterocycles. The number of carbonyl (C=O) groups is 1. The summed E-state index contributed by atoms with van der Waals surface area (Å²) in [4.78, 5) is 27.8. The standard InChI is InChI=1S/C19H23N5O/c1-2-17(25)24-11-9-13(12-24)21-18-14-6-5-8-15(14)22-19(23-18)16-7-3-4-10-20-16/h3-4,7,10,13H,2,5-6,8-9,11-12H2,1H3,(H,21,22,23). The quantitative estimate of drug-likeness (QED) is 0.928. The van der Waals surface area contributed by atoms with Gasteiger partial charge in [0.2, 0.25) is 5.91 Å². The van der Waals surface area contributed by atoms with Crippen LogP contribution in [0.15, 0.2) is 24.4 Å². The molecule has 2 aromatic rings. The number of nitrogens with zero attached hydrogens (tertiary/aromatic N) is 4. The number of hydrogen-bond acceptors (Lipinski definition) is 5. The topological polar surface area (TPSA) is 71.0 Å². The molecule has 6 nitrogen and oxygen atoms in total. The molecule has 1 amide bonds. The molecule has 0 bridgehead atoms. The van der Waals surface area contributed by atoms with E-state index < -0.39 is 0 Å². The summed E-state index contributed by atoms with van der Waals surface area (Å²) in [5.74, 6) is 1.84. The fourth-order valence-corrected chi connectivity index (χ4v) is 3.68. The van der Waals surface area contributed by atoms with E-state index in [-0.39, 0.29) is 11.9 Å². The minimum absolute atomic E-state index is 0.228. The highest BCUT2D eigenvalue weighted by Gasteiger charge is 2.28. The predicted molar refractivity (Wildman–Crippen MR) is 96.2 cm³/mol. The Balaban J connectivity index is 1.59. The van der Waals surface area contributed by atoms with Gasteiger partial charge >= 0.3 is 0 Å². The van der Waals surface area contributed by atoms with E-state index in [4.69, 9.17) is 9.97 Å². The fourth-order valence-electron chi connectivity index (χ4n) is 3.68. The maximum atomic E-state index is 11.9. The zero-order chi connectivity index (χ0) is 17.2. The summed E-state index contributed by atoms with van der Waals surface area (Å²) >= 11 is 0. The van der Waals surface area contributed by atoms with E-state index >= 15 is 0 Å². The van der Waals surface area contributed by atoms with Crippen molar-refractivity contribution in [3.05, 3.63) is 35.7 Å². The lowest BCUT2D eigenvalue weighted by Crippen LogP contribution is -2.31. The van der Waals surface area contributed by atoms with Crippen LogP contribution in [0.1, 0.15) is 37.4 Å². The van der Waals surface area contributed by atoms with Crippen LogP contribution in [0.3, 0.4) is 0 Å². The Labute approximate surface area is 147 Å². The first-order valence-electron chi connectivity index (χ1n) is 9.10. The van der Waals surface area contributed by atoms with Gasteiger partial charge in [-0.05, 0) is 37.8 Å². The summed E-state index contributed by atoms with van der Waals surface area (Å²) in [6, 6.07) is 6.05. The molecule has 6 heteroatoms. The van der Waals surface area contributed by atoms with Gasteiger partial charge in [-0.2, -0.15) is 0 Å². The molecule has 2 aliphatic rings. The second-order valence-corrected chi connectivity index (χ2v) is 6.71. The van der Waals surface area contributed by atoms with Crippen molar-refractivity contribution in [3.63, 3.8) is 0 Å². The Morgan fingerprint density at radius 1 is 1.32 bits per heavy atom.